The highest BCUT2D eigenvalue weighted by atomic mass is 127. The van der Waals surface area contributed by atoms with Crippen LogP contribution in [-0.4, -0.2) is 86.6 Å². The number of guanidine groups is 1. The highest BCUT2D eigenvalue weighted by Gasteiger charge is 2.36. The molecule has 0 aromatic rings. The third-order valence-corrected chi connectivity index (χ3v) is 7.18. The molecule has 1 unspecified atom stereocenters. The zero-order chi connectivity index (χ0) is 19.8. The summed E-state index contributed by atoms with van der Waals surface area (Å²) in [5.74, 6) is 1.80. The molecule has 1 saturated carbocycles. The number of hydrogen-bond acceptors (Lipinski definition) is 3. The number of hydrogen-bond donors (Lipinski definition) is 1. The molecule has 2 saturated heterocycles. The fourth-order valence-electron chi connectivity index (χ4n) is 5.47. The summed E-state index contributed by atoms with van der Waals surface area (Å²) >= 11 is 0. The molecule has 29 heavy (non-hydrogen) atoms. The van der Waals surface area contributed by atoms with Crippen LogP contribution >= 0.6 is 24.0 Å². The van der Waals surface area contributed by atoms with Crippen molar-refractivity contribution in [3.8, 4) is 0 Å². The Bertz CT molecular complexity index is 482. The van der Waals surface area contributed by atoms with E-state index in [4.69, 9.17) is 4.99 Å². The van der Waals surface area contributed by atoms with Crippen LogP contribution in [0, 0.1) is 11.3 Å². The number of halogens is 1. The minimum atomic E-state index is 0. The zero-order valence-electron chi connectivity index (χ0n) is 19.3. The molecule has 5 nitrogen and oxygen atoms in total. The van der Waals surface area contributed by atoms with Crippen molar-refractivity contribution in [1.29, 1.82) is 0 Å². The van der Waals surface area contributed by atoms with E-state index in [1.54, 1.807) is 0 Å². The number of likely N-dealkylation sites (N-methyl/N-ethyl adjacent to an activating group) is 1. The van der Waals surface area contributed by atoms with Crippen LogP contribution < -0.4 is 5.32 Å². The molecule has 0 aromatic heterocycles. The van der Waals surface area contributed by atoms with Gasteiger partial charge < -0.3 is 20.0 Å². The van der Waals surface area contributed by atoms with Gasteiger partial charge in [0.2, 0.25) is 0 Å². The normalized spacial score (nSPS) is 25.3. The lowest BCUT2D eigenvalue weighted by molar-refractivity contribution is 0.115. The summed E-state index contributed by atoms with van der Waals surface area (Å²) in [5, 5.41) is 3.61. The molecule has 1 N–H and O–H groups in total. The number of piperazine rings is 1. The monoisotopic (exact) mass is 519 g/mol. The van der Waals surface area contributed by atoms with Crippen molar-refractivity contribution in [3.05, 3.63) is 0 Å². The average molecular weight is 520 g/mol. The van der Waals surface area contributed by atoms with Crippen LogP contribution in [0.4, 0.5) is 0 Å². The molecule has 3 fully saturated rings. The summed E-state index contributed by atoms with van der Waals surface area (Å²) in [6, 6.07) is 0. The van der Waals surface area contributed by atoms with E-state index in [9.17, 15) is 0 Å². The second-order valence-electron chi connectivity index (χ2n) is 9.84. The summed E-state index contributed by atoms with van der Waals surface area (Å²) in [5.41, 5.74) is 0.566. The maximum Gasteiger partial charge on any atom is 0.193 e. The Hall–Kier alpha value is -0.0800. The molecule has 0 aromatic carbocycles. The molecule has 3 aliphatic rings. The Labute approximate surface area is 197 Å². The van der Waals surface area contributed by atoms with Crippen LogP contribution in [0.25, 0.3) is 0 Å². The standard InChI is InChI=1S/C23H45N5.HI/c1-4-24-22(25-18-21(2)19-27-16-14-26(3)15-17-27)28-13-9-12-23(20-28)10-7-5-6-8-11-23;/h21H,4-20H2,1-3H3,(H,24,25);1H. The molecule has 0 radical (unpaired) electrons. The van der Waals surface area contributed by atoms with E-state index in [1.807, 2.05) is 0 Å². The van der Waals surface area contributed by atoms with Gasteiger partial charge in [0.05, 0.1) is 0 Å². The number of piperidine rings is 1. The average Bonchev–Trinajstić information content (AvgIpc) is 2.92. The predicted molar refractivity (Wildman–Crippen MR) is 135 cm³/mol. The molecule has 170 valence electrons. The molecule has 1 aliphatic carbocycles. The third kappa shape index (κ3) is 7.84. The van der Waals surface area contributed by atoms with E-state index in [1.165, 1.54) is 103 Å². The third-order valence-electron chi connectivity index (χ3n) is 7.18. The largest absolute Gasteiger partial charge is 0.357 e. The first-order valence-corrected chi connectivity index (χ1v) is 12.0. The van der Waals surface area contributed by atoms with Gasteiger partial charge in [0.15, 0.2) is 5.96 Å². The van der Waals surface area contributed by atoms with E-state index < -0.39 is 0 Å². The van der Waals surface area contributed by atoms with Gasteiger partial charge in [-0.25, -0.2) is 0 Å². The van der Waals surface area contributed by atoms with E-state index in [0.29, 0.717) is 11.3 Å². The highest BCUT2D eigenvalue weighted by molar-refractivity contribution is 14.0. The van der Waals surface area contributed by atoms with Crippen LogP contribution in [0.3, 0.4) is 0 Å². The number of likely N-dealkylation sites (tertiary alicyclic amines) is 1. The van der Waals surface area contributed by atoms with Crippen molar-refractivity contribution in [3.63, 3.8) is 0 Å². The SMILES string of the molecule is CCNC(=NCC(C)CN1CCN(C)CC1)N1CCCC2(CCCCCC2)C1.I. The zero-order valence-corrected chi connectivity index (χ0v) is 21.6. The van der Waals surface area contributed by atoms with Crippen molar-refractivity contribution < 1.29 is 0 Å². The fraction of sp³-hybridized carbons (Fsp3) is 0.957. The maximum atomic E-state index is 5.11. The Morgan fingerprint density at radius 1 is 0.966 bits per heavy atom. The molecule has 2 heterocycles. The van der Waals surface area contributed by atoms with Crippen molar-refractivity contribution in [1.82, 2.24) is 20.0 Å². The summed E-state index contributed by atoms with van der Waals surface area (Å²) in [6.45, 7) is 14.9. The summed E-state index contributed by atoms with van der Waals surface area (Å²) < 4.78 is 0. The first kappa shape index (κ1) is 25.2. The van der Waals surface area contributed by atoms with Crippen LogP contribution in [0.5, 0.6) is 0 Å². The van der Waals surface area contributed by atoms with Crippen molar-refractivity contribution in [2.24, 2.45) is 16.3 Å². The van der Waals surface area contributed by atoms with Gasteiger partial charge in [-0.1, -0.05) is 32.6 Å². The lowest BCUT2D eigenvalue weighted by Gasteiger charge is -2.44. The summed E-state index contributed by atoms with van der Waals surface area (Å²) in [4.78, 5) is 12.8. The predicted octanol–water partition coefficient (Wildman–Crippen LogP) is 3.89. The van der Waals surface area contributed by atoms with Crippen molar-refractivity contribution in [2.45, 2.75) is 65.2 Å². The highest BCUT2D eigenvalue weighted by Crippen LogP contribution is 2.42. The Morgan fingerprint density at radius 2 is 1.62 bits per heavy atom. The molecule has 1 spiro atoms. The molecular weight excluding hydrogens is 473 g/mol. The fourth-order valence-corrected chi connectivity index (χ4v) is 5.47. The molecule has 1 atom stereocenters. The minimum absolute atomic E-state index is 0. The topological polar surface area (TPSA) is 34.1 Å². The second-order valence-corrected chi connectivity index (χ2v) is 9.84. The molecule has 6 heteroatoms. The lowest BCUT2D eigenvalue weighted by atomic mass is 9.74. The van der Waals surface area contributed by atoms with E-state index in [2.05, 4.69) is 40.9 Å². The Morgan fingerprint density at radius 3 is 2.28 bits per heavy atom. The van der Waals surface area contributed by atoms with Gasteiger partial charge in [0, 0.05) is 58.9 Å². The second kappa shape index (κ2) is 12.7. The van der Waals surface area contributed by atoms with Gasteiger partial charge >= 0.3 is 0 Å². The molecule has 0 bridgehead atoms. The van der Waals surface area contributed by atoms with Gasteiger partial charge in [0.1, 0.15) is 0 Å². The maximum absolute atomic E-state index is 5.11. The van der Waals surface area contributed by atoms with Gasteiger partial charge in [-0.2, -0.15) is 0 Å². The Balaban J connectivity index is 0.00000300. The van der Waals surface area contributed by atoms with Gasteiger partial charge in [-0.05, 0) is 51.0 Å². The van der Waals surface area contributed by atoms with Gasteiger partial charge in [0.25, 0.3) is 0 Å². The van der Waals surface area contributed by atoms with Crippen LogP contribution in [0.2, 0.25) is 0 Å². The first-order valence-electron chi connectivity index (χ1n) is 12.0. The summed E-state index contributed by atoms with van der Waals surface area (Å²) in [7, 11) is 2.23. The van der Waals surface area contributed by atoms with Crippen LogP contribution in [0.15, 0.2) is 4.99 Å². The molecule has 2 aliphatic heterocycles. The van der Waals surface area contributed by atoms with Crippen molar-refractivity contribution in [2.75, 3.05) is 66.0 Å². The number of nitrogens with zero attached hydrogens (tertiary/aromatic N) is 4. The smallest absolute Gasteiger partial charge is 0.193 e. The van der Waals surface area contributed by atoms with Gasteiger partial charge in [-0.3, -0.25) is 4.99 Å². The molecule has 3 rings (SSSR count). The number of rotatable bonds is 5. The van der Waals surface area contributed by atoms with Crippen LogP contribution in [0.1, 0.15) is 65.2 Å². The number of aliphatic imine (C=N–C) groups is 1. The van der Waals surface area contributed by atoms with Gasteiger partial charge in [-0.15, -0.1) is 24.0 Å². The molecule has 0 amide bonds. The number of nitrogens with one attached hydrogen (secondary N) is 1. The van der Waals surface area contributed by atoms with E-state index in [0.717, 1.165) is 13.1 Å². The van der Waals surface area contributed by atoms with E-state index in [-0.39, 0.29) is 24.0 Å². The lowest BCUT2D eigenvalue weighted by Crippen LogP contribution is -2.50. The minimum Gasteiger partial charge on any atom is -0.357 e. The summed E-state index contributed by atoms with van der Waals surface area (Å²) in [6.07, 6.45) is 11.4. The quantitative estimate of drug-likeness (QED) is 0.340. The van der Waals surface area contributed by atoms with Crippen LogP contribution in [-0.2, 0) is 0 Å². The van der Waals surface area contributed by atoms with E-state index >= 15 is 0 Å². The van der Waals surface area contributed by atoms with Crippen molar-refractivity contribution >= 4 is 29.9 Å². The first-order chi connectivity index (χ1) is 13.6. The molecular formula is C23H46IN5. The Kier molecular flexibility index (Phi) is 11.0.